The SMILES string of the molecule is CP1CC2=CC[C]([Zr+2][CH]3C=Cc4ccccc43)=C2P1C.[Cl-].[Cl-]. The Morgan fingerprint density at radius 3 is 2.73 bits per heavy atom. The third-order valence-electron chi connectivity index (χ3n) is 4.51. The van der Waals surface area contributed by atoms with Gasteiger partial charge >= 0.3 is 136 Å². The summed E-state index contributed by atoms with van der Waals surface area (Å²) in [5.41, 5.74) is 4.84. The fourth-order valence-electron chi connectivity index (χ4n) is 3.37. The quantitative estimate of drug-likeness (QED) is 0.540. The van der Waals surface area contributed by atoms with Gasteiger partial charge in [0.1, 0.15) is 0 Å². The van der Waals surface area contributed by atoms with Crippen molar-refractivity contribution in [1.82, 2.24) is 0 Å². The summed E-state index contributed by atoms with van der Waals surface area (Å²) in [6, 6.07) is 9.00. The van der Waals surface area contributed by atoms with Gasteiger partial charge in [0, 0.05) is 0 Å². The minimum Gasteiger partial charge on any atom is -1.00 e. The number of benzene rings is 1. The van der Waals surface area contributed by atoms with Gasteiger partial charge in [0.25, 0.3) is 0 Å². The first-order valence-electron chi connectivity index (χ1n) is 7.15. The Morgan fingerprint density at radius 2 is 1.91 bits per heavy atom. The molecule has 0 bridgehead atoms. The van der Waals surface area contributed by atoms with Crippen LogP contribution in [0.25, 0.3) is 6.08 Å². The molecule has 0 nitrogen and oxygen atoms in total. The molecule has 1 fully saturated rings. The molecular weight excluding hydrogens is 428 g/mol. The Labute approximate surface area is 159 Å². The van der Waals surface area contributed by atoms with E-state index in [1.165, 1.54) is 18.1 Å². The van der Waals surface area contributed by atoms with Crippen molar-refractivity contribution in [3.63, 3.8) is 0 Å². The van der Waals surface area contributed by atoms with Crippen LogP contribution in [0, 0.1) is 0 Å². The first-order valence-corrected chi connectivity index (χ1v) is 14.3. The second-order valence-corrected chi connectivity index (χ2v) is 16.4. The standard InChI is InChI=1S/C9H7.C8H11P2.2ClH.Zr/c1-2-5-9-7-3-6-8(9)4-1;1-9-6-7-4-3-5-8(7)10(9)2;;;/h1-7H;4H,3,6H2,1-2H3;2*1H;/q;;;;+2/p-2. The second-order valence-electron chi connectivity index (χ2n) is 5.71. The fourth-order valence-corrected chi connectivity index (χ4v) is 14.8. The fraction of sp³-hybridized carbons (Fsp3) is 0.294. The van der Waals surface area contributed by atoms with Gasteiger partial charge in [-0.1, -0.05) is 0 Å². The van der Waals surface area contributed by atoms with Crippen LogP contribution < -0.4 is 24.8 Å². The normalized spacial score (nSPS) is 27.5. The van der Waals surface area contributed by atoms with Crippen LogP contribution in [0.5, 0.6) is 0 Å². The van der Waals surface area contributed by atoms with E-state index in [9.17, 15) is 0 Å². The maximum Gasteiger partial charge on any atom is -1.00 e. The van der Waals surface area contributed by atoms with Gasteiger partial charge in [0.05, 0.1) is 0 Å². The Hall–Kier alpha value is 0.763. The van der Waals surface area contributed by atoms with E-state index in [1.807, 2.05) is 8.60 Å². The summed E-state index contributed by atoms with van der Waals surface area (Å²) in [7, 11) is 0.492. The van der Waals surface area contributed by atoms with Crippen LogP contribution in [-0.4, -0.2) is 19.5 Å². The third-order valence-corrected chi connectivity index (χ3v) is 16.1. The number of halogens is 2. The largest absolute Gasteiger partial charge is 1.00 e. The second kappa shape index (κ2) is 7.76. The van der Waals surface area contributed by atoms with E-state index in [1.54, 1.807) is 11.1 Å². The summed E-state index contributed by atoms with van der Waals surface area (Å²) in [4.78, 5) is 0. The topological polar surface area (TPSA) is 0 Å². The van der Waals surface area contributed by atoms with E-state index >= 15 is 0 Å². The monoisotopic (exact) mass is 444 g/mol. The van der Waals surface area contributed by atoms with E-state index in [0.29, 0.717) is 7.61 Å². The van der Waals surface area contributed by atoms with Crippen LogP contribution in [0.15, 0.2) is 50.6 Å². The molecule has 3 atom stereocenters. The summed E-state index contributed by atoms with van der Waals surface area (Å²) in [6.07, 6.45) is 10.1. The van der Waals surface area contributed by atoms with Crippen molar-refractivity contribution in [2.24, 2.45) is 0 Å². The molecule has 1 aliphatic heterocycles. The number of rotatable bonds is 2. The third kappa shape index (κ3) is 3.27. The van der Waals surface area contributed by atoms with Gasteiger partial charge < -0.3 is 24.8 Å². The van der Waals surface area contributed by atoms with E-state index in [4.69, 9.17) is 0 Å². The molecule has 5 heteroatoms. The van der Waals surface area contributed by atoms with E-state index in [0.717, 1.165) is 3.63 Å². The molecule has 114 valence electrons. The van der Waals surface area contributed by atoms with Crippen LogP contribution in [0.2, 0.25) is 0 Å². The van der Waals surface area contributed by atoms with Crippen molar-refractivity contribution in [2.75, 3.05) is 19.5 Å². The van der Waals surface area contributed by atoms with Gasteiger partial charge in [-0.05, 0) is 0 Å². The molecule has 0 amide bonds. The van der Waals surface area contributed by atoms with Crippen molar-refractivity contribution in [2.45, 2.75) is 10.0 Å². The first-order chi connectivity index (χ1) is 9.74. The van der Waals surface area contributed by atoms with Gasteiger partial charge in [0.15, 0.2) is 0 Å². The van der Waals surface area contributed by atoms with Gasteiger partial charge in [-0.15, -0.1) is 0 Å². The Balaban J connectivity index is 0.000000882. The molecule has 22 heavy (non-hydrogen) atoms. The maximum atomic E-state index is 2.57. The molecule has 1 aromatic rings. The summed E-state index contributed by atoms with van der Waals surface area (Å²) in [5.74, 6) is 0. The predicted octanol–water partition coefficient (Wildman–Crippen LogP) is -0.461. The van der Waals surface area contributed by atoms with Gasteiger partial charge in [-0.25, -0.2) is 0 Å². The number of fused-ring (bicyclic) bond motifs is 2. The average molecular weight is 446 g/mol. The average Bonchev–Trinajstić information content (AvgIpc) is 3.10. The molecule has 1 saturated heterocycles. The molecule has 1 aromatic carbocycles. The van der Waals surface area contributed by atoms with Crippen LogP contribution in [0.4, 0.5) is 0 Å². The van der Waals surface area contributed by atoms with Crippen molar-refractivity contribution < 1.29 is 48.0 Å². The van der Waals surface area contributed by atoms with Gasteiger partial charge in [-0.2, -0.15) is 0 Å². The molecule has 0 radical (unpaired) electrons. The zero-order chi connectivity index (χ0) is 13.7. The van der Waals surface area contributed by atoms with Gasteiger partial charge in [-0.3, -0.25) is 0 Å². The summed E-state index contributed by atoms with van der Waals surface area (Å²) >= 11 is -0.502. The summed E-state index contributed by atoms with van der Waals surface area (Å²) in [6.45, 7) is 5.06. The molecule has 4 rings (SSSR count). The number of allylic oxidation sites excluding steroid dienone is 5. The molecule has 2 aliphatic carbocycles. The minimum atomic E-state index is -0.502. The molecule has 0 spiro atoms. The molecule has 3 unspecified atom stereocenters. The van der Waals surface area contributed by atoms with Crippen molar-refractivity contribution in [3.8, 4) is 0 Å². The Bertz CT molecular complexity index is 666. The van der Waals surface area contributed by atoms with E-state index < -0.39 is 23.2 Å². The first kappa shape index (κ1) is 19.1. The molecule has 0 saturated carbocycles. The van der Waals surface area contributed by atoms with Crippen molar-refractivity contribution in [1.29, 1.82) is 0 Å². The number of hydrogen-bond donors (Lipinski definition) is 0. The van der Waals surface area contributed by atoms with Gasteiger partial charge in [0.2, 0.25) is 0 Å². The van der Waals surface area contributed by atoms with Crippen LogP contribution in [0.1, 0.15) is 21.2 Å². The van der Waals surface area contributed by atoms with Crippen LogP contribution in [0.3, 0.4) is 0 Å². The molecule has 0 aromatic heterocycles. The van der Waals surface area contributed by atoms with Crippen LogP contribution >= 0.6 is 15.2 Å². The molecule has 0 N–H and O–H groups in total. The van der Waals surface area contributed by atoms with E-state index in [2.05, 4.69) is 55.8 Å². The van der Waals surface area contributed by atoms with Crippen molar-refractivity contribution >= 4 is 21.3 Å². The number of hydrogen-bond acceptors (Lipinski definition) is 0. The molecule has 1 heterocycles. The summed E-state index contributed by atoms with van der Waals surface area (Å²) < 4.78 is 2.72. The predicted molar refractivity (Wildman–Crippen MR) is 88.5 cm³/mol. The van der Waals surface area contributed by atoms with Crippen LogP contribution in [-0.2, 0) is 23.2 Å². The maximum absolute atomic E-state index is 2.57. The van der Waals surface area contributed by atoms with Crippen molar-refractivity contribution in [3.05, 3.63) is 61.7 Å². The zero-order valence-corrected chi connectivity index (χ0v) is 18.4. The smallest absolute Gasteiger partial charge is 1.00 e. The minimum absolute atomic E-state index is 0. The zero-order valence-electron chi connectivity index (χ0n) is 12.7. The Kier molecular flexibility index (Phi) is 6.74. The molecule has 3 aliphatic rings. The van der Waals surface area contributed by atoms with E-state index in [-0.39, 0.29) is 32.4 Å². The summed E-state index contributed by atoms with van der Waals surface area (Å²) in [5, 5.41) is 1.89. The molecular formula is C17H18Cl2P2Zr. The Morgan fingerprint density at radius 1 is 1.14 bits per heavy atom.